The minimum atomic E-state index is -5.08. The third-order valence-electron chi connectivity index (χ3n) is 4.38. The van der Waals surface area contributed by atoms with Crippen LogP contribution < -0.4 is 0 Å². The van der Waals surface area contributed by atoms with Gasteiger partial charge in [0.2, 0.25) is 0 Å². The van der Waals surface area contributed by atoms with Gasteiger partial charge in [-0.3, -0.25) is 0 Å². The number of carbonyl (C=O) groups is 1. The molecule has 0 aliphatic carbocycles. The number of carboxylic acids is 1. The number of aromatic amines is 1. The quantitative estimate of drug-likeness (QED) is 0.206. The molecule has 0 radical (unpaired) electrons. The van der Waals surface area contributed by atoms with E-state index in [-0.39, 0.29) is 0 Å². The number of aryl methyl sites for hydroxylation is 1. The Labute approximate surface area is 196 Å². The summed E-state index contributed by atoms with van der Waals surface area (Å²) in [6, 6.07) is 14.0. The molecule has 5 aromatic rings. The van der Waals surface area contributed by atoms with E-state index in [0.29, 0.717) is 5.75 Å². The fourth-order valence-corrected chi connectivity index (χ4v) is 4.22. The van der Waals surface area contributed by atoms with Crippen LogP contribution in [0.25, 0.3) is 33.1 Å². The van der Waals surface area contributed by atoms with Crippen molar-refractivity contribution in [2.75, 3.05) is 0 Å². The molecule has 7 nitrogen and oxygen atoms in total. The Balaban J connectivity index is 0.000000325. The number of fused-ring (bicyclic) bond motifs is 4. The summed E-state index contributed by atoms with van der Waals surface area (Å²) < 4.78 is 38.8. The van der Waals surface area contributed by atoms with E-state index in [9.17, 15) is 13.2 Å². The number of nitrogens with one attached hydrogen (secondary N) is 1. The van der Waals surface area contributed by atoms with Gasteiger partial charge < -0.3 is 14.5 Å². The Bertz CT molecular complexity index is 1450. The Kier molecular flexibility index (Phi) is 6.30. The highest BCUT2D eigenvalue weighted by Crippen LogP contribution is 2.35. The van der Waals surface area contributed by atoms with Crippen LogP contribution in [-0.2, 0) is 10.5 Å². The third kappa shape index (κ3) is 5.11. The van der Waals surface area contributed by atoms with E-state index >= 15 is 0 Å². The number of thioether (sulfide) groups is 1. The highest BCUT2D eigenvalue weighted by molar-refractivity contribution is 9.10. The summed E-state index contributed by atoms with van der Waals surface area (Å²) >= 11 is 5.09. The molecular formula is C21H14BrF3N4O3S. The average Bonchev–Trinajstić information content (AvgIpc) is 3.32. The van der Waals surface area contributed by atoms with E-state index in [4.69, 9.17) is 14.3 Å². The smallest absolute Gasteiger partial charge is 0.475 e. The van der Waals surface area contributed by atoms with Gasteiger partial charge in [-0.25, -0.2) is 19.7 Å². The van der Waals surface area contributed by atoms with Crippen molar-refractivity contribution in [2.45, 2.75) is 23.9 Å². The first-order valence-electron chi connectivity index (χ1n) is 9.35. The second kappa shape index (κ2) is 9.02. The van der Waals surface area contributed by atoms with Crippen LogP contribution in [0.2, 0.25) is 0 Å². The summed E-state index contributed by atoms with van der Waals surface area (Å²) in [5.41, 5.74) is 4.40. The number of aromatic nitrogens is 4. The van der Waals surface area contributed by atoms with E-state index in [2.05, 4.69) is 35.9 Å². The predicted octanol–water partition coefficient (Wildman–Crippen LogP) is 6.25. The first kappa shape index (κ1) is 23.1. The van der Waals surface area contributed by atoms with Crippen molar-refractivity contribution < 1.29 is 27.5 Å². The fourth-order valence-electron chi connectivity index (χ4n) is 3.01. The molecule has 2 N–H and O–H groups in total. The lowest BCUT2D eigenvalue weighted by atomic mass is 10.2. The van der Waals surface area contributed by atoms with Gasteiger partial charge in [0.1, 0.15) is 27.8 Å². The maximum atomic E-state index is 10.6. The van der Waals surface area contributed by atoms with Crippen molar-refractivity contribution in [1.82, 2.24) is 19.9 Å². The molecule has 0 bridgehead atoms. The third-order valence-corrected chi connectivity index (χ3v) is 5.84. The van der Waals surface area contributed by atoms with Crippen molar-refractivity contribution in [1.29, 1.82) is 0 Å². The molecule has 0 atom stereocenters. The number of hydrogen-bond acceptors (Lipinski definition) is 6. The zero-order chi connectivity index (χ0) is 23.8. The Morgan fingerprint density at radius 2 is 1.91 bits per heavy atom. The van der Waals surface area contributed by atoms with Crippen molar-refractivity contribution >= 4 is 66.8 Å². The van der Waals surface area contributed by atoms with Crippen molar-refractivity contribution in [3.8, 4) is 0 Å². The molecule has 170 valence electrons. The minimum absolute atomic E-state index is 0.682. The standard InChI is InChI=1S/C19H13BrN4OS.C2HF3O2/c1-10-21-17-12-7-6-11(20)8-15(12)25-18(17)19(22-10)26-9-16-23-13-4-2-3-5-14(13)24-16;3-2(4,5)1(6)7/h2-8H,9H2,1H3,(H,23,24);(H,6,7). The zero-order valence-corrected chi connectivity index (χ0v) is 19.2. The van der Waals surface area contributed by atoms with Crippen LogP contribution in [0.4, 0.5) is 13.2 Å². The van der Waals surface area contributed by atoms with E-state index in [0.717, 1.165) is 54.2 Å². The normalized spacial score (nSPS) is 11.7. The lowest BCUT2D eigenvalue weighted by molar-refractivity contribution is -0.192. The van der Waals surface area contributed by atoms with Crippen molar-refractivity contribution in [2.24, 2.45) is 0 Å². The monoisotopic (exact) mass is 538 g/mol. The molecular weight excluding hydrogens is 525 g/mol. The molecule has 0 amide bonds. The number of alkyl halides is 3. The lowest BCUT2D eigenvalue weighted by Gasteiger charge is -2.01. The highest BCUT2D eigenvalue weighted by atomic mass is 79.9. The average molecular weight is 539 g/mol. The number of rotatable bonds is 3. The molecule has 0 fully saturated rings. The number of imidazole rings is 1. The van der Waals surface area contributed by atoms with Gasteiger partial charge in [-0.05, 0) is 37.3 Å². The van der Waals surface area contributed by atoms with Gasteiger partial charge in [-0.1, -0.05) is 39.8 Å². The van der Waals surface area contributed by atoms with E-state index in [1.807, 2.05) is 49.4 Å². The molecule has 0 spiro atoms. The van der Waals surface area contributed by atoms with Gasteiger partial charge in [-0.2, -0.15) is 13.2 Å². The summed E-state index contributed by atoms with van der Waals surface area (Å²) in [6.45, 7) is 1.91. The maximum absolute atomic E-state index is 10.6. The fraction of sp³-hybridized carbons (Fsp3) is 0.143. The first-order chi connectivity index (χ1) is 15.6. The molecule has 3 heterocycles. The van der Waals surface area contributed by atoms with Crippen LogP contribution in [0.5, 0.6) is 0 Å². The van der Waals surface area contributed by atoms with E-state index < -0.39 is 12.1 Å². The zero-order valence-electron chi connectivity index (χ0n) is 16.8. The SMILES string of the molecule is Cc1nc(SCc2nc3ccccc3[nH]2)c2oc3cc(Br)ccc3c2n1.O=C(O)C(F)(F)F. The van der Waals surface area contributed by atoms with E-state index in [1.165, 1.54) is 0 Å². The molecule has 2 aromatic carbocycles. The number of aliphatic carboxylic acids is 1. The Morgan fingerprint density at radius 3 is 2.61 bits per heavy atom. The number of hydrogen-bond donors (Lipinski definition) is 2. The molecule has 0 unspecified atom stereocenters. The molecule has 5 rings (SSSR count). The van der Waals surface area contributed by atoms with Gasteiger partial charge in [-0.15, -0.1) is 0 Å². The van der Waals surface area contributed by atoms with Gasteiger partial charge in [0.25, 0.3) is 0 Å². The summed E-state index contributed by atoms with van der Waals surface area (Å²) in [4.78, 5) is 26.1. The summed E-state index contributed by atoms with van der Waals surface area (Å²) in [7, 11) is 0. The highest BCUT2D eigenvalue weighted by Gasteiger charge is 2.38. The number of H-pyrrole nitrogens is 1. The number of benzene rings is 2. The second-order valence-corrected chi connectivity index (χ2v) is 8.67. The Morgan fingerprint density at radius 1 is 1.18 bits per heavy atom. The maximum Gasteiger partial charge on any atom is 0.490 e. The second-order valence-electron chi connectivity index (χ2n) is 6.79. The minimum Gasteiger partial charge on any atom is -0.475 e. The lowest BCUT2D eigenvalue weighted by Crippen LogP contribution is -2.21. The van der Waals surface area contributed by atoms with Gasteiger partial charge in [0, 0.05) is 9.86 Å². The van der Waals surface area contributed by atoms with Crippen molar-refractivity contribution in [3.63, 3.8) is 0 Å². The Hall–Kier alpha value is -3.12. The number of nitrogens with zero attached hydrogens (tertiary/aromatic N) is 3. The van der Waals surface area contributed by atoms with Crippen LogP contribution in [0, 0.1) is 6.92 Å². The number of para-hydroxylation sites is 2. The summed E-state index contributed by atoms with van der Waals surface area (Å²) in [6.07, 6.45) is -5.08. The summed E-state index contributed by atoms with van der Waals surface area (Å²) in [5, 5.41) is 8.96. The van der Waals surface area contributed by atoms with Crippen LogP contribution in [0.1, 0.15) is 11.6 Å². The number of halogens is 4. The molecule has 3 aromatic heterocycles. The number of carboxylic acid groups (broad SMARTS) is 1. The van der Waals surface area contributed by atoms with Crippen LogP contribution in [-0.4, -0.2) is 37.2 Å². The summed E-state index contributed by atoms with van der Waals surface area (Å²) in [5.74, 6) is -0.428. The van der Waals surface area contributed by atoms with Gasteiger partial charge in [0.15, 0.2) is 5.58 Å². The topological polar surface area (TPSA) is 105 Å². The predicted molar refractivity (Wildman–Crippen MR) is 121 cm³/mol. The molecule has 33 heavy (non-hydrogen) atoms. The molecule has 0 aliphatic rings. The van der Waals surface area contributed by atoms with Gasteiger partial charge >= 0.3 is 12.1 Å². The van der Waals surface area contributed by atoms with Crippen LogP contribution in [0.3, 0.4) is 0 Å². The first-order valence-corrected chi connectivity index (χ1v) is 11.1. The van der Waals surface area contributed by atoms with Crippen LogP contribution in [0.15, 0.2) is 56.4 Å². The van der Waals surface area contributed by atoms with E-state index in [1.54, 1.807) is 11.8 Å². The largest absolute Gasteiger partial charge is 0.490 e. The van der Waals surface area contributed by atoms with Crippen LogP contribution >= 0.6 is 27.7 Å². The molecule has 0 saturated carbocycles. The number of furan rings is 1. The van der Waals surface area contributed by atoms with Crippen molar-refractivity contribution in [3.05, 3.63) is 58.6 Å². The molecule has 0 saturated heterocycles. The van der Waals surface area contributed by atoms with Gasteiger partial charge in [0.05, 0.1) is 16.8 Å². The molecule has 0 aliphatic heterocycles. The molecule has 12 heteroatoms.